The molecule has 3 saturated heterocycles. The number of nitrogens with zero attached hydrogens (tertiary/aromatic N) is 6. The van der Waals surface area contributed by atoms with Gasteiger partial charge in [0, 0.05) is 70.2 Å². The predicted octanol–water partition coefficient (Wildman–Crippen LogP) is 3.11. The van der Waals surface area contributed by atoms with E-state index in [0.29, 0.717) is 5.70 Å². The molecule has 0 aromatic heterocycles. The molecule has 3 aliphatic heterocycles. The first kappa shape index (κ1) is 26.2. The highest BCUT2D eigenvalue weighted by Gasteiger charge is 2.47. The summed E-state index contributed by atoms with van der Waals surface area (Å²) >= 11 is 0. The van der Waals surface area contributed by atoms with E-state index in [4.69, 9.17) is 4.74 Å². The Hall–Kier alpha value is -2.91. The molecule has 1 aromatic carbocycles. The van der Waals surface area contributed by atoms with Gasteiger partial charge in [-0.05, 0) is 63.0 Å². The lowest BCUT2D eigenvalue weighted by Crippen LogP contribution is -2.63. The van der Waals surface area contributed by atoms with Crippen LogP contribution in [0.4, 0.5) is 10.5 Å². The zero-order chi connectivity index (χ0) is 25.9. The van der Waals surface area contributed by atoms with Gasteiger partial charge in [-0.3, -0.25) is 9.69 Å². The van der Waals surface area contributed by atoms with Gasteiger partial charge in [0.15, 0.2) is 0 Å². The summed E-state index contributed by atoms with van der Waals surface area (Å²) in [5, 5.41) is 5.11. The Kier molecular flexibility index (Phi) is 8.00. The van der Waals surface area contributed by atoms with Gasteiger partial charge in [-0.1, -0.05) is 6.07 Å². The van der Waals surface area contributed by atoms with Crippen molar-refractivity contribution < 1.29 is 14.3 Å². The third kappa shape index (κ3) is 5.73. The Bertz CT molecular complexity index is 1000. The molecular weight excluding hydrogens is 456 g/mol. The van der Waals surface area contributed by atoms with E-state index in [1.54, 1.807) is 20.2 Å². The van der Waals surface area contributed by atoms with Crippen LogP contribution in [0.1, 0.15) is 37.8 Å². The molecule has 0 bridgehead atoms. The fourth-order valence-electron chi connectivity index (χ4n) is 5.33. The molecule has 196 valence electrons. The molecule has 0 aliphatic carbocycles. The lowest BCUT2D eigenvalue weighted by Gasteiger charge is -2.54. The molecule has 0 radical (unpaired) electrons. The Morgan fingerprint density at radius 1 is 1.14 bits per heavy atom. The predicted molar refractivity (Wildman–Crippen MR) is 142 cm³/mol. The molecule has 3 fully saturated rings. The zero-order valence-corrected chi connectivity index (χ0v) is 22.2. The second-order valence-corrected chi connectivity index (χ2v) is 10.5. The van der Waals surface area contributed by atoms with Crippen LogP contribution in [0.3, 0.4) is 0 Å². The fourth-order valence-corrected chi connectivity index (χ4v) is 5.33. The molecule has 0 saturated carbocycles. The van der Waals surface area contributed by atoms with E-state index < -0.39 is 0 Å². The van der Waals surface area contributed by atoms with Crippen molar-refractivity contribution in [3.8, 4) is 0 Å². The van der Waals surface area contributed by atoms with Crippen LogP contribution >= 0.6 is 0 Å². The second-order valence-electron chi connectivity index (χ2n) is 10.5. The van der Waals surface area contributed by atoms with Crippen LogP contribution in [0.5, 0.6) is 0 Å². The number of likely N-dealkylation sites (tertiary alicyclic amines) is 2. The number of allylic oxidation sites excluding steroid dienone is 1. The average molecular weight is 497 g/mol. The van der Waals surface area contributed by atoms with Gasteiger partial charge in [0.05, 0.1) is 19.4 Å². The lowest BCUT2D eigenvalue weighted by molar-refractivity contribution is -0.125. The largest absolute Gasteiger partial charge is 0.378 e. The first-order chi connectivity index (χ1) is 17.2. The highest BCUT2D eigenvalue weighted by Crippen LogP contribution is 2.41. The molecule has 0 N–H and O–H groups in total. The first-order valence-electron chi connectivity index (χ1n) is 12.8. The van der Waals surface area contributed by atoms with Crippen LogP contribution in [0.2, 0.25) is 0 Å². The van der Waals surface area contributed by atoms with E-state index in [2.05, 4.69) is 46.7 Å². The van der Waals surface area contributed by atoms with Gasteiger partial charge < -0.3 is 19.4 Å². The summed E-state index contributed by atoms with van der Waals surface area (Å²) in [6.07, 6.45) is 3.74. The van der Waals surface area contributed by atoms with E-state index in [0.717, 1.165) is 71.9 Å². The topological polar surface area (TPSA) is 71.9 Å². The number of ether oxygens (including phenoxy) is 1. The third-order valence-corrected chi connectivity index (χ3v) is 8.00. The molecule has 1 aromatic rings. The molecule has 0 atom stereocenters. The summed E-state index contributed by atoms with van der Waals surface area (Å²) in [5.41, 5.74) is 4.86. The van der Waals surface area contributed by atoms with Gasteiger partial charge in [-0.15, -0.1) is 0 Å². The number of carbonyl (C=O) groups excluding carboxylic acids is 2. The summed E-state index contributed by atoms with van der Waals surface area (Å²) in [4.78, 5) is 32.8. The maximum absolute atomic E-state index is 12.9. The summed E-state index contributed by atoms with van der Waals surface area (Å²) in [6.45, 7) is 17.1. The van der Waals surface area contributed by atoms with Crippen LogP contribution in [0, 0.1) is 12.3 Å². The van der Waals surface area contributed by atoms with Gasteiger partial charge in [-0.2, -0.15) is 10.1 Å². The Morgan fingerprint density at radius 3 is 2.39 bits per heavy atom. The number of hydrogen-bond acceptors (Lipinski definition) is 6. The van der Waals surface area contributed by atoms with Gasteiger partial charge >= 0.3 is 6.03 Å². The van der Waals surface area contributed by atoms with Crippen molar-refractivity contribution >= 4 is 24.3 Å². The van der Waals surface area contributed by atoms with Crippen molar-refractivity contribution in [1.29, 1.82) is 0 Å². The quantitative estimate of drug-likeness (QED) is 0.447. The Balaban J connectivity index is 1.27. The summed E-state index contributed by atoms with van der Waals surface area (Å²) < 4.78 is 5.48. The molecule has 1 spiro atoms. The number of urea groups is 1. The molecule has 9 nitrogen and oxygen atoms in total. The lowest BCUT2D eigenvalue weighted by atomic mass is 9.72. The number of amides is 3. The standard InChI is InChI=1S/C27H40N6O3/c1-21-16-25(31-12-14-36-15-13-31)7-6-24(21)18-30-10-8-27(9-11-30)19-32(20-27)26(35)33(28-4)17-22(2)29(5)23(3)34/h6-7,16-17H,4,8-15,18-20H2,1-3,5H3/b22-17+. The van der Waals surface area contributed by atoms with E-state index in [9.17, 15) is 9.59 Å². The van der Waals surface area contributed by atoms with Gasteiger partial charge in [0.25, 0.3) is 0 Å². The van der Waals surface area contributed by atoms with Crippen LogP contribution in [0.15, 0.2) is 35.2 Å². The number of anilines is 1. The number of hydrogen-bond donors (Lipinski definition) is 0. The van der Waals surface area contributed by atoms with Crippen molar-refractivity contribution in [3.63, 3.8) is 0 Å². The fraction of sp³-hybridized carbons (Fsp3) is 0.593. The van der Waals surface area contributed by atoms with E-state index >= 15 is 0 Å². The van der Waals surface area contributed by atoms with Crippen molar-refractivity contribution in [3.05, 3.63) is 41.2 Å². The molecule has 3 aliphatic rings. The smallest absolute Gasteiger partial charge is 0.344 e. The van der Waals surface area contributed by atoms with Gasteiger partial charge in [-0.25, -0.2) is 4.79 Å². The van der Waals surface area contributed by atoms with E-state index in [1.165, 1.54) is 33.6 Å². The normalized spacial score (nSPS) is 20.2. The minimum absolute atomic E-state index is 0.0990. The summed E-state index contributed by atoms with van der Waals surface area (Å²) in [7, 11) is 1.67. The number of hydrazone groups is 1. The zero-order valence-electron chi connectivity index (χ0n) is 22.2. The van der Waals surface area contributed by atoms with Crippen molar-refractivity contribution in [2.24, 2.45) is 10.5 Å². The van der Waals surface area contributed by atoms with Crippen LogP contribution in [-0.2, 0) is 16.1 Å². The minimum atomic E-state index is -0.190. The van der Waals surface area contributed by atoms with Crippen LogP contribution in [-0.4, -0.2) is 97.9 Å². The Morgan fingerprint density at radius 2 is 1.81 bits per heavy atom. The number of piperidine rings is 1. The van der Waals surface area contributed by atoms with E-state index in [1.807, 2.05) is 4.90 Å². The molecule has 0 unspecified atom stereocenters. The molecule has 3 amide bonds. The number of morpholine rings is 1. The SMILES string of the molecule is C=NN(/C=C(\C)N(C)C(C)=O)C(=O)N1CC2(CCN(Cc3ccc(N4CCOCC4)cc3C)CC2)C1. The van der Waals surface area contributed by atoms with Gasteiger partial charge in [0.2, 0.25) is 5.91 Å². The van der Waals surface area contributed by atoms with Crippen LogP contribution in [0.25, 0.3) is 0 Å². The van der Waals surface area contributed by atoms with Crippen LogP contribution < -0.4 is 4.90 Å². The average Bonchev–Trinajstić information content (AvgIpc) is 2.87. The highest BCUT2D eigenvalue weighted by molar-refractivity contribution is 5.78. The second kappa shape index (κ2) is 11.0. The number of rotatable bonds is 6. The molecule has 36 heavy (non-hydrogen) atoms. The summed E-state index contributed by atoms with van der Waals surface area (Å²) in [6, 6.07) is 6.65. The van der Waals surface area contributed by atoms with Crippen molar-refractivity contribution in [1.82, 2.24) is 19.7 Å². The highest BCUT2D eigenvalue weighted by atomic mass is 16.5. The maximum Gasteiger partial charge on any atom is 0.344 e. The molecular formula is C27H40N6O3. The minimum Gasteiger partial charge on any atom is -0.378 e. The molecule has 9 heteroatoms. The van der Waals surface area contributed by atoms with Gasteiger partial charge in [0.1, 0.15) is 0 Å². The third-order valence-electron chi connectivity index (χ3n) is 8.00. The molecule has 3 heterocycles. The van der Waals surface area contributed by atoms with Crippen molar-refractivity contribution in [2.45, 2.75) is 40.2 Å². The maximum atomic E-state index is 12.9. The number of aryl methyl sites for hydroxylation is 1. The monoisotopic (exact) mass is 496 g/mol. The first-order valence-corrected chi connectivity index (χ1v) is 12.8. The Labute approximate surface area is 214 Å². The van der Waals surface area contributed by atoms with Crippen molar-refractivity contribution in [2.75, 3.05) is 64.4 Å². The number of benzene rings is 1. The summed E-state index contributed by atoms with van der Waals surface area (Å²) in [5.74, 6) is -0.0990. The number of carbonyl (C=O) groups is 2. The van der Waals surface area contributed by atoms with E-state index in [-0.39, 0.29) is 17.4 Å². The molecule has 4 rings (SSSR count).